The van der Waals surface area contributed by atoms with Crippen LogP contribution in [-0.4, -0.2) is 26.7 Å². The third-order valence-corrected chi connectivity index (χ3v) is 8.11. The van der Waals surface area contributed by atoms with E-state index in [-0.39, 0.29) is 5.75 Å². The van der Waals surface area contributed by atoms with Gasteiger partial charge in [-0.2, -0.15) is 0 Å². The predicted molar refractivity (Wildman–Crippen MR) is 174 cm³/mol. The third-order valence-electron chi connectivity index (χ3n) is 8.11. The van der Waals surface area contributed by atoms with Gasteiger partial charge in [0.15, 0.2) is 17.5 Å². The van der Waals surface area contributed by atoms with Crippen LogP contribution in [0.1, 0.15) is 95.4 Å². The molecular formula is C37H47N3O2. The quantitative estimate of drug-likeness (QED) is 0.145. The lowest BCUT2D eigenvalue weighted by Crippen LogP contribution is -2.05. The van der Waals surface area contributed by atoms with E-state index in [2.05, 4.69) is 71.0 Å². The van der Waals surface area contributed by atoms with Crippen molar-refractivity contribution in [2.24, 2.45) is 0 Å². The largest absolute Gasteiger partial charge is 0.507 e. The van der Waals surface area contributed by atoms with Gasteiger partial charge in [0.1, 0.15) is 11.5 Å². The number of ether oxygens (including phenoxy) is 1. The van der Waals surface area contributed by atoms with Gasteiger partial charge in [-0.1, -0.05) is 103 Å². The highest BCUT2D eigenvalue weighted by atomic mass is 16.5. The molecule has 0 saturated carbocycles. The Balaban J connectivity index is 1.74. The fourth-order valence-corrected chi connectivity index (χ4v) is 5.79. The van der Waals surface area contributed by atoms with E-state index in [0.29, 0.717) is 35.4 Å². The molecule has 0 fully saturated rings. The van der Waals surface area contributed by atoms with E-state index in [1.165, 1.54) is 54.4 Å². The minimum absolute atomic E-state index is 0.106. The molecule has 1 heterocycles. The average molecular weight is 566 g/mol. The third kappa shape index (κ3) is 7.36. The summed E-state index contributed by atoms with van der Waals surface area (Å²) in [6.45, 7) is 11.6. The minimum Gasteiger partial charge on any atom is -0.507 e. The molecule has 1 aromatic heterocycles. The minimum atomic E-state index is 0.106. The van der Waals surface area contributed by atoms with Crippen LogP contribution in [0.2, 0.25) is 0 Å². The van der Waals surface area contributed by atoms with Crippen LogP contribution >= 0.6 is 0 Å². The van der Waals surface area contributed by atoms with Gasteiger partial charge in [-0.05, 0) is 66.5 Å². The van der Waals surface area contributed by atoms with Crippen LogP contribution in [0.15, 0.2) is 54.6 Å². The number of phenols is 1. The van der Waals surface area contributed by atoms with Crippen molar-refractivity contribution >= 4 is 0 Å². The molecule has 0 bridgehead atoms. The smallest absolute Gasteiger partial charge is 0.167 e. The highest BCUT2D eigenvalue weighted by Gasteiger charge is 2.19. The lowest BCUT2D eigenvalue weighted by atomic mass is 9.95. The van der Waals surface area contributed by atoms with Gasteiger partial charge >= 0.3 is 0 Å². The highest BCUT2D eigenvalue weighted by molar-refractivity contribution is 5.73. The lowest BCUT2D eigenvalue weighted by Gasteiger charge is -2.16. The molecule has 1 N–H and O–H groups in total. The average Bonchev–Trinajstić information content (AvgIpc) is 3.03. The number of hydrogen-bond acceptors (Lipinski definition) is 5. The molecule has 4 aromatic rings. The van der Waals surface area contributed by atoms with Gasteiger partial charge in [0.2, 0.25) is 0 Å². The monoisotopic (exact) mass is 565 g/mol. The first kappa shape index (κ1) is 31.2. The Morgan fingerprint density at radius 2 is 1.10 bits per heavy atom. The summed E-state index contributed by atoms with van der Waals surface area (Å²) in [5, 5.41) is 11.2. The molecule has 4 rings (SSSR count). The molecule has 222 valence electrons. The fraction of sp³-hybridized carbons (Fsp3) is 0.432. The number of rotatable bonds is 15. The first-order chi connectivity index (χ1) is 20.5. The zero-order valence-corrected chi connectivity index (χ0v) is 26.2. The summed E-state index contributed by atoms with van der Waals surface area (Å²) >= 11 is 0. The number of benzene rings is 3. The van der Waals surface area contributed by atoms with Crippen LogP contribution in [0.25, 0.3) is 34.2 Å². The zero-order chi connectivity index (χ0) is 29.9. The van der Waals surface area contributed by atoms with E-state index in [9.17, 15) is 5.11 Å². The fourth-order valence-electron chi connectivity index (χ4n) is 5.79. The predicted octanol–water partition coefficient (Wildman–Crippen LogP) is 9.57. The van der Waals surface area contributed by atoms with Crippen molar-refractivity contribution in [3.8, 4) is 45.7 Å². The number of nitrogens with zero attached hydrogens (tertiary/aromatic N) is 3. The Bertz CT molecular complexity index is 1390. The summed E-state index contributed by atoms with van der Waals surface area (Å²) < 4.78 is 5.97. The van der Waals surface area contributed by atoms with Crippen LogP contribution in [0.3, 0.4) is 0 Å². The maximum atomic E-state index is 11.2. The molecular weight excluding hydrogens is 518 g/mol. The van der Waals surface area contributed by atoms with Crippen molar-refractivity contribution in [2.75, 3.05) is 6.61 Å². The van der Waals surface area contributed by atoms with Gasteiger partial charge < -0.3 is 9.84 Å². The Labute approximate surface area is 252 Å². The van der Waals surface area contributed by atoms with Crippen molar-refractivity contribution in [1.29, 1.82) is 0 Å². The first-order valence-corrected chi connectivity index (χ1v) is 16.0. The van der Waals surface area contributed by atoms with Gasteiger partial charge in [-0.3, -0.25) is 0 Å². The lowest BCUT2D eigenvalue weighted by molar-refractivity contribution is 0.303. The van der Waals surface area contributed by atoms with Crippen molar-refractivity contribution in [2.45, 2.75) is 98.8 Å². The Kier molecular flexibility index (Phi) is 11.5. The number of unbranched alkanes of at least 4 members (excludes halogenated alkanes) is 5. The number of aryl methyl sites for hydroxylation is 2. The second kappa shape index (κ2) is 15.5. The molecule has 42 heavy (non-hydrogen) atoms. The molecule has 0 spiro atoms. The van der Waals surface area contributed by atoms with Crippen LogP contribution in [-0.2, 0) is 25.7 Å². The van der Waals surface area contributed by atoms with Crippen molar-refractivity contribution < 1.29 is 9.84 Å². The summed E-state index contributed by atoms with van der Waals surface area (Å²) in [6.07, 6.45) is 10.9. The Morgan fingerprint density at radius 3 is 1.60 bits per heavy atom. The van der Waals surface area contributed by atoms with Gasteiger partial charge in [0.05, 0.1) is 12.2 Å². The molecule has 0 radical (unpaired) electrons. The van der Waals surface area contributed by atoms with Gasteiger partial charge in [-0.25, -0.2) is 15.0 Å². The SMILES string of the molecule is CCCCCCCCOc1ccc(-c2nc(-c3cccc(CC)c3CC)nc(-c3cccc(CC)c3CC)n2)c(O)c1. The number of aromatic hydroxyl groups is 1. The summed E-state index contributed by atoms with van der Waals surface area (Å²) in [5.41, 5.74) is 7.72. The molecule has 5 nitrogen and oxygen atoms in total. The molecule has 5 heteroatoms. The molecule has 0 aliphatic rings. The molecule has 0 aliphatic heterocycles. The number of aromatic nitrogens is 3. The normalized spacial score (nSPS) is 11.2. The molecule has 0 atom stereocenters. The maximum Gasteiger partial charge on any atom is 0.167 e. The summed E-state index contributed by atoms with van der Waals surface area (Å²) in [4.78, 5) is 15.0. The van der Waals surface area contributed by atoms with Gasteiger partial charge in [0, 0.05) is 17.2 Å². The second-order valence-corrected chi connectivity index (χ2v) is 10.9. The van der Waals surface area contributed by atoms with Crippen LogP contribution in [0, 0.1) is 0 Å². The van der Waals surface area contributed by atoms with Crippen molar-refractivity contribution in [3.63, 3.8) is 0 Å². The van der Waals surface area contributed by atoms with Crippen LogP contribution in [0.4, 0.5) is 0 Å². The molecule has 0 amide bonds. The summed E-state index contributed by atoms with van der Waals surface area (Å²) in [6, 6.07) is 18.2. The molecule has 0 unspecified atom stereocenters. The maximum absolute atomic E-state index is 11.2. The second-order valence-electron chi connectivity index (χ2n) is 10.9. The van der Waals surface area contributed by atoms with Crippen LogP contribution < -0.4 is 4.74 Å². The van der Waals surface area contributed by atoms with E-state index in [4.69, 9.17) is 19.7 Å². The number of hydrogen-bond donors (Lipinski definition) is 1. The zero-order valence-electron chi connectivity index (χ0n) is 26.2. The van der Waals surface area contributed by atoms with Crippen LogP contribution in [0.5, 0.6) is 11.5 Å². The summed E-state index contributed by atoms with van der Waals surface area (Å²) in [5.74, 6) is 2.49. The van der Waals surface area contributed by atoms with Gasteiger partial charge in [0.25, 0.3) is 0 Å². The molecule has 3 aromatic carbocycles. The summed E-state index contributed by atoms with van der Waals surface area (Å²) in [7, 11) is 0. The van der Waals surface area contributed by atoms with E-state index in [1.54, 1.807) is 6.07 Å². The highest BCUT2D eigenvalue weighted by Crippen LogP contribution is 2.35. The van der Waals surface area contributed by atoms with Gasteiger partial charge in [-0.15, -0.1) is 0 Å². The topological polar surface area (TPSA) is 68.1 Å². The standard InChI is InChI=1S/C37H47N3O2/c1-6-11-12-13-14-15-24-42-28-22-23-33(34(41)25-28)37-39-35(31-20-16-18-26(7-2)29(31)9-4)38-36(40-37)32-21-17-19-27(8-3)30(32)10-5/h16-23,25,41H,6-15,24H2,1-5H3. The van der Waals surface area contributed by atoms with Crippen molar-refractivity contribution in [1.82, 2.24) is 15.0 Å². The Morgan fingerprint density at radius 1 is 0.571 bits per heavy atom. The van der Waals surface area contributed by atoms with Crippen molar-refractivity contribution in [3.05, 3.63) is 76.9 Å². The first-order valence-electron chi connectivity index (χ1n) is 16.0. The Hall–Kier alpha value is -3.73. The molecule has 0 saturated heterocycles. The van der Waals surface area contributed by atoms with E-state index in [1.807, 2.05) is 12.1 Å². The molecule has 0 aliphatic carbocycles. The number of phenolic OH excluding ortho intramolecular Hbond substituents is 1. The van der Waals surface area contributed by atoms with E-state index < -0.39 is 0 Å². The van der Waals surface area contributed by atoms with E-state index in [0.717, 1.165) is 43.2 Å². The van der Waals surface area contributed by atoms with E-state index >= 15 is 0 Å².